The number of carbonyl (C=O) groups is 1. The fourth-order valence-corrected chi connectivity index (χ4v) is 4.57. The Bertz CT molecular complexity index is 796. The zero-order valence-electron chi connectivity index (χ0n) is 19.9. The Morgan fingerprint density at radius 1 is 1.06 bits per heavy atom. The van der Waals surface area contributed by atoms with Gasteiger partial charge >= 0.3 is 0 Å². The van der Waals surface area contributed by atoms with Crippen molar-refractivity contribution in [3.8, 4) is 0 Å². The first-order valence-electron chi connectivity index (χ1n) is 11.9. The molecule has 0 radical (unpaired) electrons. The van der Waals surface area contributed by atoms with E-state index in [-0.39, 0.29) is 5.91 Å². The van der Waals surface area contributed by atoms with Gasteiger partial charge in [-0.2, -0.15) is 0 Å². The number of hydrogen-bond donors (Lipinski definition) is 2. The van der Waals surface area contributed by atoms with Crippen molar-refractivity contribution >= 4 is 17.5 Å². The van der Waals surface area contributed by atoms with Crippen molar-refractivity contribution in [1.82, 2.24) is 10.2 Å². The number of halogens is 1. The molecule has 1 aliphatic heterocycles. The van der Waals surface area contributed by atoms with Crippen LogP contribution in [0.25, 0.3) is 0 Å². The van der Waals surface area contributed by atoms with E-state index in [1.54, 1.807) is 0 Å². The molecule has 1 unspecified atom stereocenters. The van der Waals surface area contributed by atoms with Crippen molar-refractivity contribution in [3.05, 3.63) is 70.7 Å². The second-order valence-electron chi connectivity index (χ2n) is 8.89. The van der Waals surface area contributed by atoms with Crippen molar-refractivity contribution in [3.63, 3.8) is 0 Å². The highest BCUT2D eigenvalue weighted by molar-refractivity contribution is 6.31. The summed E-state index contributed by atoms with van der Waals surface area (Å²) in [5.74, 6) is -0.309. The number of nitrogens with zero attached hydrogens (tertiary/aromatic N) is 1. The maximum absolute atomic E-state index is 12.5. The van der Waals surface area contributed by atoms with Gasteiger partial charge in [0.15, 0.2) is 0 Å². The third-order valence-corrected chi connectivity index (χ3v) is 6.79. The standard InChI is InChI=1S/C22H29ClN2O.C5H11N/c1-4-22(21(24)26,19-12-8-9-13-20(19)23)14-15-25(17(2)3)16-18-10-6-5-7-11-18;1-2-4-6-5-3-1/h5-13,17H,4,14-16H2,1-3H3,(H2,24,26);6H,1-5H2. The minimum Gasteiger partial charge on any atom is -0.369 e. The molecule has 0 spiro atoms. The lowest BCUT2D eigenvalue weighted by Gasteiger charge is -2.35. The quantitative estimate of drug-likeness (QED) is 0.520. The average molecular weight is 458 g/mol. The Labute approximate surface area is 199 Å². The predicted molar refractivity (Wildman–Crippen MR) is 136 cm³/mol. The number of piperidine rings is 1. The van der Waals surface area contributed by atoms with Gasteiger partial charge < -0.3 is 11.1 Å². The van der Waals surface area contributed by atoms with Gasteiger partial charge in [0.2, 0.25) is 5.91 Å². The molecule has 1 heterocycles. The first-order chi connectivity index (χ1) is 15.4. The minimum atomic E-state index is -0.748. The molecule has 0 saturated carbocycles. The van der Waals surface area contributed by atoms with Gasteiger partial charge in [-0.05, 0) is 69.8 Å². The Hall–Kier alpha value is -1.88. The van der Waals surface area contributed by atoms with Crippen molar-refractivity contribution in [2.24, 2.45) is 5.73 Å². The van der Waals surface area contributed by atoms with Crippen molar-refractivity contribution in [2.45, 2.75) is 70.9 Å². The monoisotopic (exact) mass is 457 g/mol. The fraction of sp³-hybridized carbons (Fsp3) is 0.519. The molecule has 3 N–H and O–H groups in total. The maximum Gasteiger partial charge on any atom is 0.228 e. The molecule has 1 amide bonds. The Balaban J connectivity index is 0.000000520. The maximum atomic E-state index is 12.5. The third kappa shape index (κ3) is 7.61. The molecule has 2 aromatic carbocycles. The number of carbonyl (C=O) groups excluding carboxylic acids is 1. The first kappa shape index (κ1) is 26.4. The molecule has 1 aliphatic rings. The largest absolute Gasteiger partial charge is 0.369 e. The van der Waals surface area contributed by atoms with Crippen LogP contribution in [0.2, 0.25) is 5.02 Å². The molecule has 1 saturated heterocycles. The summed E-state index contributed by atoms with van der Waals surface area (Å²) in [6.45, 7) is 10.5. The van der Waals surface area contributed by atoms with Crippen LogP contribution in [0.3, 0.4) is 0 Å². The van der Waals surface area contributed by atoms with Crippen LogP contribution in [-0.4, -0.2) is 36.5 Å². The SMILES string of the molecule is C1CCNCC1.CCC(CCN(Cc1ccccc1)C(C)C)(C(N)=O)c1ccccc1Cl. The van der Waals surface area contributed by atoms with Crippen LogP contribution < -0.4 is 11.1 Å². The van der Waals surface area contributed by atoms with Crippen LogP contribution >= 0.6 is 11.6 Å². The number of nitrogens with one attached hydrogen (secondary N) is 1. The smallest absolute Gasteiger partial charge is 0.228 e. The zero-order valence-corrected chi connectivity index (χ0v) is 20.7. The Kier molecular flexibility index (Phi) is 11.2. The van der Waals surface area contributed by atoms with E-state index in [2.05, 4.69) is 48.3 Å². The molecular weight excluding hydrogens is 418 g/mol. The average Bonchev–Trinajstić information content (AvgIpc) is 2.81. The van der Waals surface area contributed by atoms with Crippen LogP contribution in [0.5, 0.6) is 0 Å². The van der Waals surface area contributed by atoms with Gasteiger partial charge in [0.25, 0.3) is 0 Å². The molecule has 1 fully saturated rings. The summed E-state index contributed by atoms with van der Waals surface area (Å²) < 4.78 is 0. The highest BCUT2D eigenvalue weighted by atomic mass is 35.5. The summed E-state index contributed by atoms with van der Waals surface area (Å²) in [6, 6.07) is 18.3. The second kappa shape index (κ2) is 13.6. The van der Waals surface area contributed by atoms with Crippen LogP contribution in [0, 0.1) is 0 Å². The lowest BCUT2D eigenvalue weighted by Crippen LogP contribution is -2.44. The van der Waals surface area contributed by atoms with E-state index in [0.717, 1.165) is 18.7 Å². The van der Waals surface area contributed by atoms with E-state index in [1.165, 1.54) is 37.9 Å². The van der Waals surface area contributed by atoms with E-state index >= 15 is 0 Å². The third-order valence-electron chi connectivity index (χ3n) is 6.46. The summed E-state index contributed by atoms with van der Waals surface area (Å²) in [7, 11) is 0. The molecule has 4 nitrogen and oxygen atoms in total. The van der Waals surface area contributed by atoms with Gasteiger partial charge in [-0.15, -0.1) is 0 Å². The Morgan fingerprint density at radius 3 is 2.16 bits per heavy atom. The molecule has 3 rings (SSSR count). The minimum absolute atomic E-state index is 0.309. The number of benzene rings is 2. The van der Waals surface area contributed by atoms with Crippen LogP contribution in [0.4, 0.5) is 0 Å². The highest BCUT2D eigenvalue weighted by Crippen LogP contribution is 2.36. The summed E-state index contributed by atoms with van der Waals surface area (Å²) in [5.41, 5.74) is 7.23. The number of amides is 1. The van der Waals surface area contributed by atoms with Gasteiger partial charge in [0, 0.05) is 24.2 Å². The van der Waals surface area contributed by atoms with Crippen LogP contribution in [-0.2, 0) is 16.8 Å². The van der Waals surface area contributed by atoms with E-state index in [0.29, 0.717) is 23.9 Å². The van der Waals surface area contributed by atoms with Crippen molar-refractivity contribution < 1.29 is 4.79 Å². The molecule has 2 aromatic rings. The number of nitrogens with two attached hydrogens (primary N) is 1. The summed E-state index contributed by atoms with van der Waals surface area (Å²) in [4.78, 5) is 14.9. The molecule has 5 heteroatoms. The van der Waals surface area contributed by atoms with Gasteiger partial charge in [0.05, 0.1) is 5.41 Å². The molecule has 176 valence electrons. The zero-order chi connectivity index (χ0) is 23.4. The molecular formula is C27H40ClN3O. The van der Waals surface area contributed by atoms with E-state index in [9.17, 15) is 4.79 Å². The van der Waals surface area contributed by atoms with Gasteiger partial charge in [-0.1, -0.05) is 73.5 Å². The first-order valence-corrected chi connectivity index (χ1v) is 12.3. The normalized spacial score (nSPS) is 15.7. The van der Waals surface area contributed by atoms with Crippen LogP contribution in [0.1, 0.15) is 64.0 Å². The Morgan fingerprint density at radius 2 is 1.69 bits per heavy atom. The van der Waals surface area contributed by atoms with Crippen molar-refractivity contribution in [1.29, 1.82) is 0 Å². The molecule has 0 aliphatic carbocycles. The van der Waals surface area contributed by atoms with E-state index in [4.69, 9.17) is 17.3 Å². The molecule has 32 heavy (non-hydrogen) atoms. The van der Waals surface area contributed by atoms with Crippen molar-refractivity contribution in [2.75, 3.05) is 19.6 Å². The van der Waals surface area contributed by atoms with Gasteiger partial charge in [-0.25, -0.2) is 0 Å². The lowest BCUT2D eigenvalue weighted by molar-refractivity contribution is -0.124. The summed E-state index contributed by atoms with van der Waals surface area (Å²) in [5, 5.41) is 3.89. The van der Waals surface area contributed by atoms with Gasteiger partial charge in [0.1, 0.15) is 0 Å². The topological polar surface area (TPSA) is 58.4 Å². The van der Waals surface area contributed by atoms with E-state index in [1.807, 2.05) is 37.3 Å². The summed E-state index contributed by atoms with van der Waals surface area (Å²) in [6.07, 6.45) is 5.49. The predicted octanol–water partition coefficient (Wildman–Crippen LogP) is 5.53. The lowest BCUT2D eigenvalue weighted by atomic mass is 9.74. The highest BCUT2D eigenvalue weighted by Gasteiger charge is 2.38. The molecule has 0 aromatic heterocycles. The number of rotatable bonds is 9. The van der Waals surface area contributed by atoms with Gasteiger partial charge in [-0.3, -0.25) is 9.69 Å². The van der Waals surface area contributed by atoms with E-state index < -0.39 is 5.41 Å². The fourth-order valence-electron chi connectivity index (χ4n) is 4.26. The molecule has 1 atom stereocenters. The van der Waals surface area contributed by atoms with Crippen LogP contribution in [0.15, 0.2) is 54.6 Å². The number of hydrogen-bond acceptors (Lipinski definition) is 3. The summed E-state index contributed by atoms with van der Waals surface area (Å²) >= 11 is 6.42. The second-order valence-corrected chi connectivity index (χ2v) is 9.30. The number of primary amides is 1. The molecule has 0 bridgehead atoms.